The van der Waals surface area contributed by atoms with Gasteiger partial charge in [0.25, 0.3) is 5.91 Å². The van der Waals surface area contributed by atoms with Crippen LogP contribution >= 0.6 is 0 Å². The fourth-order valence-electron chi connectivity index (χ4n) is 2.75. The summed E-state index contributed by atoms with van der Waals surface area (Å²) in [6.07, 6.45) is 0.922. The maximum atomic E-state index is 12.7. The molecule has 5 heteroatoms. The number of pyridine rings is 1. The third-order valence-corrected chi connectivity index (χ3v) is 3.99. The molecular weight excluding hydrogens is 316 g/mol. The highest BCUT2D eigenvalue weighted by Gasteiger charge is 2.15. The van der Waals surface area contributed by atoms with Crippen LogP contribution in [-0.2, 0) is 6.54 Å². The number of hydrogen-bond acceptors (Lipinski definition) is 3. The molecule has 0 fully saturated rings. The van der Waals surface area contributed by atoms with Crippen LogP contribution in [0.5, 0.6) is 0 Å². The third-order valence-electron chi connectivity index (χ3n) is 3.99. The number of fused-ring (bicyclic) bond motifs is 1. The SMILES string of the molecule is C[C@@H](O)CNC(=O)c1cn(Cc2ccccc2)c2ccccc2c1=O. The molecule has 0 saturated carbocycles. The summed E-state index contributed by atoms with van der Waals surface area (Å²) in [5.41, 5.74) is 1.63. The van der Waals surface area contributed by atoms with Crippen LogP contribution in [0.15, 0.2) is 65.6 Å². The number of nitrogens with one attached hydrogen (secondary N) is 1. The molecule has 0 bridgehead atoms. The number of rotatable bonds is 5. The fourth-order valence-corrected chi connectivity index (χ4v) is 2.75. The summed E-state index contributed by atoms with van der Waals surface area (Å²) in [7, 11) is 0. The van der Waals surface area contributed by atoms with Crippen molar-refractivity contribution in [3.63, 3.8) is 0 Å². The lowest BCUT2D eigenvalue weighted by molar-refractivity contribution is 0.0922. The first kappa shape index (κ1) is 16.9. The van der Waals surface area contributed by atoms with Crippen molar-refractivity contribution in [3.8, 4) is 0 Å². The molecule has 2 N–H and O–H groups in total. The smallest absolute Gasteiger partial charge is 0.256 e. The van der Waals surface area contributed by atoms with E-state index in [0.717, 1.165) is 11.1 Å². The summed E-state index contributed by atoms with van der Waals surface area (Å²) >= 11 is 0. The second-order valence-electron chi connectivity index (χ2n) is 6.06. The maximum Gasteiger partial charge on any atom is 0.256 e. The van der Waals surface area contributed by atoms with Crippen molar-refractivity contribution in [1.82, 2.24) is 9.88 Å². The van der Waals surface area contributed by atoms with Crippen LogP contribution in [0.1, 0.15) is 22.8 Å². The molecule has 0 radical (unpaired) electrons. The van der Waals surface area contributed by atoms with Gasteiger partial charge in [-0.15, -0.1) is 0 Å². The Morgan fingerprint density at radius 3 is 2.52 bits per heavy atom. The van der Waals surface area contributed by atoms with Gasteiger partial charge in [-0.1, -0.05) is 42.5 Å². The van der Waals surface area contributed by atoms with Crippen molar-refractivity contribution in [3.05, 3.63) is 82.1 Å². The lowest BCUT2D eigenvalue weighted by Crippen LogP contribution is -2.34. The molecule has 5 nitrogen and oxygen atoms in total. The topological polar surface area (TPSA) is 71.3 Å². The molecule has 1 atom stereocenters. The van der Waals surface area contributed by atoms with Gasteiger partial charge >= 0.3 is 0 Å². The van der Waals surface area contributed by atoms with Gasteiger partial charge in [0.05, 0.1) is 11.6 Å². The Hall–Kier alpha value is -2.92. The predicted molar refractivity (Wildman–Crippen MR) is 97.8 cm³/mol. The molecule has 1 heterocycles. The van der Waals surface area contributed by atoms with E-state index in [0.29, 0.717) is 11.9 Å². The lowest BCUT2D eigenvalue weighted by atomic mass is 10.1. The minimum absolute atomic E-state index is 0.0790. The van der Waals surface area contributed by atoms with Crippen molar-refractivity contribution < 1.29 is 9.90 Å². The highest BCUT2D eigenvalue weighted by molar-refractivity contribution is 5.97. The normalized spacial score (nSPS) is 12.1. The molecule has 2 aromatic carbocycles. The number of para-hydroxylation sites is 1. The van der Waals surface area contributed by atoms with Crippen LogP contribution in [0, 0.1) is 0 Å². The Kier molecular flexibility index (Phi) is 4.95. The molecule has 1 amide bonds. The van der Waals surface area contributed by atoms with Gasteiger partial charge in [0.15, 0.2) is 0 Å². The van der Waals surface area contributed by atoms with Crippen molar-refractivity contribution in [2.45, 2.75) is 19.6 Å². The van der Waals surface area contributed by atoms with E-state index in [1.165, 1.54) is 0 Å². The number of benzene rings is 2. The zero-order chi connectivity index (χ0) is 17.8. The van der Waals surface area contributed by atoms with E-state index in [9.17, 15) is 14.7 Å². The van der Waals surface area contributed by atoms with E-state index in [4.69, 9.17) is 0 Å². The average molecular weight is 336 g/mol. The van der Waals surface area contributed by atoms with E-state index < -0.39 is 12.0 Å². The molecule has 0 aliphatic rings. The highest BCUT2D eigenvalue weighted by atomic mass is 16.3. The number of carbonyl (C=O) groups excluding carboxylic acids is 1. The number of carbonyl (C=O) groups is 1. The van der Waals surface area contributed by atoms with Gasteiger partial charge < -0.3 is 15.0 Å². The molecule has 0 unspecified atom stereocenters. The molecule has 128 valence electrons. The van der Waals surface area contributed by atoms with E-state index in [2.05, 4.69) is 5.32 Å². The van der Waals surface area contributed by atoms with Gasteiger partial charge in [-0.25, -0.2) is 0 Å². The first-order valence-electron chi connectivity index (χ1n) is 8.18. The summed E-state index contributed by atoms with van der Waals surface area (Å²) in [5, 5.41) is 12.4. The molecule has 3 rings (SSSR count). The number of aliphatic hydroxyl groups excluding tert-OH is 1. The molecule has 1 aromatic heterocycles. The zero-order valence-electron chi connectivity index (χ0n) is 14.0. The Labute approximate surface area is 145 Å². The first-order valence-corrected chi connectivity index (χ1v) is 8.18. The van der Waals surface area contributed by atoms with E-state index in [1.807, 2.05) is 47.0 Å². The number of aliphatic hydroxyl groups is 1. The molecule has 25 heavy (non-hydrogen) atoms. The van der Waals surface area contributed by atoms with Crippen LogP contribution in [0.2, 0.25) is 0 Å². The van der Waals surface area contributed by atoms with Crippen LogP contribution < -0.4 is 10.7 Å². The van der Waals surface area contributed by atoms with Crippen molar-refractivity contribution >= 4 is 16.8 Å². The molecule has 0 spiro atoms. The van der Waals surface area contributed by atoms with Crippen molar-refractivity contribution in [2.75, 3.05) is 6.54 Å². The summed E-state index contributed by atoms with van der Waals surface area (Å²) < 4.78 is 1.91. The lowest BCUT2D eigenvalue weighted by Gasteiger charge is -2.14. The quantitative estimate of drug-likeness (QED) is 0.750. The maximum absolute atomic E-state index is 12.7. The van der Waals surface area contributed by atoms with Gasteiger partial charge in [0.1, 0.15) is 5.56 Å². The second kappa shape index (κ2) is 7.32. The summed E-state index contributed by atoms with van der Waals surface area (Å²) in [6, 6.07) is 17.1. The van der Waals surface area contributed by atoms with Crippen LogP contribution in [0.4, 0.5) is 0 Å². The predicted octanol–water partition coefficient (Wildman–Crippen LogP) is 2.16. The standard InChI is InChI=1S/C20H20N2O3/c1-14(23)11-21-20(25)17-13-22(12-15-7-3-2-4-8-15)18-10-6-5-9-16(18)19(17)24/h2-10,13-14,23H,11-12H2,1H3,(H,21,25)/t14-/m1/s1. The summed E-state index contributed by atoms with van der Waals surface area (Å²) in [5.74, 6) is -0.474. The van der Waals surface area contributed by atoms with E-state index in [1.54, 1.807) is 25.3 Å². The van der Waals surface area contributed by atoms with Crippen LogP contribution in [0.25, 0.3) is 10.9 Å². The third kappa shape index (κ3) is 3.78. The zero-order valence-corrected chi connectivity index (χ0v) is 14.0. The molecular formula is C20H20N2O3. The molecule has 3 aromatic rings. The summed E-state index contributed by atoms with van der Waals surface area (Å²) in [4.78, 5) is 25.1. The molecule has 0 aliphatic heterocycles. The fraction of sp³-hybridized carbons (Fsp3) is 0.200. The number of amides is 1. The van der Waals surface area contributed by atoms with Crippen LogP contribution in [0.3, 0.4) is 0 Å². The number of hydrogen-bond donors (Lipinski definition) is 2. The van der Waals surface area contributed by atoms with Gasteiger partial charge in [0, 0.05) is 24.7 Å². The van der Waals surface area contributed by atoms with Crippen molar-refractivity contribution in [2.24, 2.45) is 0 Å². The number of nitrogens with zero attached hydrogens (tertiary/aromatic N) is 1. The van der Waals surface area contributed by atoms with E-state index in [-0.39, 0.29) is 17.5 Å². The van der Waals surface area contributed by atoms with Gasteiger partial charge in [-0.2, -0.15) is 0 Å². The first-order chi connectivity index (χ1) is 12.1. The van der Waals surface area contributed by atoms with Gasteiger partial charge in [-0.3, -0.25) is 9.59 Å². The highest BCUT2D eigenvalue weighted by Crippen LogP contribution is 2.14. The van der Waals surface area contributed by atoms with Gasteiger partial charge in [0.2, 0.25) is 5.43 Å². The molecule has 0 aliphatic carbocycles. The minimum Gasteiger partial charge on any atom is -0.392 e. The monoisotopic (exact) mass is 336 g/mol. The Bertz CT molecular complexity index is 946. The second-order valence-corrected chi connectivity index (χ2v) is 6.06. The average Bonchev–Trinajstić information content (AvgIpc) is 2.63. The van der Waals surface area contributed by atoms with Crippen LogP contribution in [-0.4, -0.2) is 28.2 Å². The Morgan fingerprint density at radius 1 is 1.12 bits per heavy atom. The minimum atomic E-state index is -0.670. The number of aromatic nitrogens is 1. The van der Waals surface area contributed by atoms with Gasteiger partial charge in [-0.05, 0) is 24.6 Å². The largest absolute Gasteiger partial charge is 0.392 e. The molecule has 0 saturated heterocycles. The Balaban J connectivity index is 2.07. The Morgan fingerprint density at radius 2 is 1.80 bits per heavy atom. The summed E-state index contributed by atoms with van der Waals surface area (Å²) in [6.45, 7) is 2.23. The van der Waals surface area contributed by atoms with E-state index >= 15 is 0 Å². The van der Waals surface area contributed by atoms with Crippen molar-refractivity contribution in [1.29, 1.82) is 0 Å².